The fourth-order valence-electron chi connectivity index (χ4n) is 0.431. The van der Waals surface area contributed by atoms with Crippen LogP contribution >= 0.6 is 0 Å². The summed E-state index contributed by atoms with van der Waals surface area (Å²) in [5.41, 5.74) is 0. The van der Waals surface area contributed by atoms with Gasteiger partial charge in [-0.05, 0) is 0 Å². The average Bonchev–Trinajstić information content (AvgIpc) is 1.88. The Morgan fingerprint density at radius 3 is 1.83 bits per heavy atom. The first-order valence-electron chi connectivity index (χ1n) is 2.89. The van der Waals surface area contributed by atoms with Gasteiger partial charge in [0.25, 0.3) is 10.1 Å². The SMILES string of the molecule is O=S(=O)(O)CCN(CO)CO.[NaH]. The summed E-state index contributed by atoms with van der Waals surface area (Å²) in [4.78, 5) is 1.05. The molecule has 0 atom stereocenters. The van der Waals surface area contributed by atoms with Crippen LogP contribution in [0, 0.1) is 0 Å². The van der Waals surface area contributed by atoms with Crippen LogP contribution in [0.1, 0.15) is 0 Å². The van der Waals surface area contributed by atoms with Crippen LogP contribution in [-0.4, -0.2) is 83.4 Å². The van der Waals surface area contributed by atoms with Gasteiger partial charge in [0, 0.05) is 6.54 Å². The zero-order valence-corrected chi connectivity index (χ0v) is 6.66. The number of hydrogen-bond donors (Lipinski definition) is 3. The third-order valence-corrected chi connectivity index (χ3v) is 1.76. The first-order chi connectivity index (χ1) is 4.99. The van der Waals surface area contributed by atoms with Gasteiger partial charge in [0.2, 0.25) is 0 Å². The van der Waals surface area contributed by atoms with Crippen molar-refractivity contribution in [2.24, 2.45) is 0 Å². The van der Waals surface area contributed by atoms with Crippen molar-refractivity contribution < 1.29 is 23.2 Å². The molecule has 3 N–H and O–H groups in total. The summed E-state index contributed by atoms with van der Waals surface area (Å²) in [7, 11) is -4.00. The number of rotatable bonds is 5. The van der Waals surface area contributed by atoms with Crippen LogP contribution in [0.4, 0.5) is 0 Å². The third kappa shape index (κ3) is 8.88. The summed E-state index contributed by atoms with van der Waals surface area (Å²) in [6, 6.07) is 0. The normalized spacial score (nSPS) is 11.3. The van der Waals surface area contributed by atoms with Crippen LogP contribution in [-0.2, 0) is 10.1 Å². The Bertz CT molecular complexity index is 190. The quantitative estimate of drug-likeness (QED) is 0.261. The van der Waals surface area contributed by atoms with Crippen molar-refractivity contribution in [3.63, 3.8) is 0 Å². The molecule has 0 saturated heterocycles. The Balaban J connectivity index is 0. The van der Waals surface area contributed by atoms with E-state index in [2.05, 4.69) is 0 Å². The first-order valence-corrected chi connectivity index (χ1v) is 4.49. The van der Waals surface area contributed by atoms with Gasteiger partial charge >= 0.3 is 29.6 Å². The molecule has 0 unspecified atom stereocenters. The minimum absolute atomic E-state index is 0. The molecule has 0 fully saturated rings. The summed E-state index contributed by atoms with van der Waals surface area (Å²) in [6.07, 6.45) is 0. The van der Waals surface area contributed by atoms with Gasteiger partial charge in [-0.1, -0.05) is 0 Å². The van der Waals surface area contributed by atoms with E-state index < -0.39 is 29.3 Å². The van der Waals surface area contributed by atoms with E-state index in [0.717, 1.165) is 4.90 Å². The van der Waals surface area contributed by atoms with Crippen molar-refractivity contribution in [2.45, 2.75) is 0 Å². The fraction of sp³-hybridized carbons (Fsp3) is 1.00. The van der Waals surface area contributed by atoms with Gasteiger partial charge in [0.1, 0.15) is 0 Å². The molecule has 0 bridgehead atoms. The summed E-state index contributed by atoms with van der Waals surface area (Å²) in [5.74, 6) is -0.492. The molecule has 0 aliphatic rings. The molecular weight excluding hydrogens is 197 g/mol. The molecular formula is C4H12NNaO5S. The Hall–Kier alpha value is 0.790. The number of nitrogens with zero attached hydrogens (tertiary/aromatic N) is 1. The predicted molar refractivity (Wildman–Crippen MR) is 44.4 cm³/mol. The van der Waals surface area contributed by atoms with E-state index >= 15 is 0 Å². The van der Waals surface area contributed by atoms with Crippen molar-refractivity contribution >= 4 is 39.7 Å². The molecule has 8 heteroatoms. The van der Waals surface area contributed by atoms with Gasteiger partial charge in [0.05, 0.1) is 19.2 Å². The van der Waals surface area contributed by atoms with Crippen molar-refractivity contribution in [3.05, 3.63) is 0 Å². The van der Waals surface area contributed by atoms with Crippen molar-refractivity contribution in [1.82, 2.24) is 4.90 Å². The summed E-state index contributed by atoms with van der Waals surface area (Å²) < 4.78 is 28.5. The molecule has 0 aliphatic carbocycles. The molecule has 0 aromatic rings. The van der Waals surface area contributed by atoms with E-state index in [1.165, 1.54) is 0 Å². The van der Waals surface area contributed by atoms with E-state index in [1.54, 1.807) is 0 Å². The average molecular weight is 209 g/mol. The second-order valence-electron chi connectivity index (χ2n) is 1.96. The molecule has 0 aromatic carbocycles. The molecule has 0 spiro atoms. The zero-order chi connectivity index (χ0) is 8.91. The molecule has 0 heterocycles. The van der Waals surface area contributed by atoms with Crippen LogP contribution in [0.5, 0.6) is 0 Å². The van der Waals surface area contributed by atoms with Crippen LogP contribution in [0.3, 0.4) is 0 Å². The van der Waals surface area contributed by atoms with Gasteiger partial charge in [0.15, 0.2) is 0 Å². The van der Waals surface area contributed by atoms with Crippen molar-refractivity contribution in [3.8, 4) is 0 Å². The Morgan fingerprint density at radius 2 is 1.58 bits per heavy atom. The van der Waals surface area contributed by atoms with Crippen LogP contribution < -0.4 is 0 Å². The number of aliphatic hydroxyl groups excluding tert-OH is 2. The van der Waals surface area contributed by atoms with E-state index in [0.29, 0.717) is 0 Å². The maximum atomic E-state index is 10.1. The second-order valence-corrected chi connectivity index (χ2v) is 3.54. The molecule has 0 aliphatic heterocycles. The first kappa shape index (κ1) is 15.3. The number of aliphatic hydroxyl groups is 2. The van der Waals surface area contributed by atoms with Crippen molar-refractivity contribution in [2.75, 3.05) is 25.8 Å². The molecule has 0 aromatic heterocycles. The Labute approximate surface area is 93.2 Å². The van der Waals surface area contributed by atoms with Crippen LogP contribution in [0.15, 0.2) is 0 Å². The summed E-state index contributed by atoms with van der Waals surface area (Å²) in [5, 5.41) is 16.8. The molecule has 0 saturated carbocycles. The van der Waals surface area contributed by atoms with Crippen molar-refractivity contribution in [1.29, 1.82) is 0 Å². The van der Waals surface area contributed by atoms with Gasteiger partial charge in [-0.2, -0.15) is 8.42 Å². The Kier molecular flexibility index (Phi) is 9.19. The summed E-state index contributed by atoms with van der Waals surface area (Å²) >= 11 is 0. The monoisotopic (exact) mass is 209 g/mol. The Morgan fingerprint density at radius 1 is 1.17 bits per heavy atom. The van der Waals surface area contributed by atoms with E-state index in [1.807, 2.05) is 0 Å². The molecule has 70 valence electrons. The second kappa shape index (κ2) is 7.22. The van der Waals surface area contributed by atoms with Crippen LogP contribution in [0.25, 0.3) is 0 Å². The van der Waals surface area contributed by atoms with Gasteiger partial charge in [-0.25, -0.2) is 0 Å². The zero-order valence-electron chi connectivity index (χ0n) is 5.84. The van der Waals surface area contributed by atoms with Crippen LogP contribution in [0.2, 0.25) is 0 Å². The maximum absolute atomic E-state index is 10.1. The topological polar surface area (TPSA) is 98.1 Å². The van der Waals surface area contributed by atoms with Gasteiger partial charge in [-0.3, -0.25) is 9.45 Å². The molecule has 0 amide bonds. The van der Waals surface area contributed by atoms with Gasteiger partial charge < -0.3 is 10.2 Å². The number of hydrogen-bond acceptors (Lipinski definition) is 5. The molecule has 0 rings (SSSR count). The van der Waals surface area contributed by atoms with E-state index in [-0.39, 0.29) is 36.1 Å². The molecule has 12 heavy (non-hydrogen) atoms. The van der Waals surface area contributed by atoms with E-state index in [4.69, 9.17) is 14.8 Å². The van der Waals surface area contributed by atoms with Gasteiger partial charge in [-0.15, -0.1) is 0 Å². The minimum atomic E-state index is -4.00. The predicted octanol–water partition coefficient (Wildman–Crippen LogP) is -2.57. The molecule has 0 radical (unpaired) electrons. The molecule has 6 nitrogen and oxygen atoms in total. The standard InChI is InChI=1S/C4H11NO5S.Na.H/c6-3-5(4-7)1-2-11(8,9)10;;/h6-7H,1-4H2,(H,8,9,10);;. The third-order valence-electron chi connectivity index (χ3n) is 1.07. The van der Waals surface area contributed by atoms with E-state index in [9.17, 15) is 8.42 Å². The fourth-order valence-corrected chi connectivity index (χ4v) is 0.920. The summed E-state index contributed by atoms with van der Waals surface area (Å²) in [6.45, 7) is -0.968.